The van der Waals surface area contributed by atoms with Crippen molar-refractivity contribution in [2.24, 2.45) is 0 Å². The molecule has 7 heteroatoms. The van der Waals surface area contributed by atoms with E-state index in [0.29, 0.717) is 11.1 Å². The van der Waals surface area contributed by atoms with Crippen LogP contribution in [0, 0.1) is 19.7 Å². The molecule has 0 aliphatic heterocycles. The van der Waals surface area contributed by atoms with Crippen LogP contribution in [0.3, 0.4) is 0 Å². The van der Waals surface area contributed by atoms with Gasteiger partial charge in [0.2, 0.25) is 10.0 Å². The zero-order valence-electron chi connectivity index (χ0n) is 14.5. The Hall–Kier alpha value is -2.51. The third-order valence-electron chi connectivity index (χ3n) is 4.14. The Labute approximate surface area is 150 Å². The topological polar surface area (TPSA) is 79.0 Å². The number of fused-ring (bicyclic) bond motifs is 1. The van der Waals surface area contributed by atoms with E-state index in [-0.39, 0.29) is 17.9 Å². The molecule has 1 aromatic heterocycles. The van der Waals surface area contributed by atoms with Gasteiger partial charge in [0.25, 0.3) is 5.56 Å². The van der Waals surface area contributed by atoms with Gasteiger partial charge in [0.1, 0.15) is 5.82 Å². The van der Waals surface area contributed by atoms with E-state index in [4.69, 9.17) is 0 Å². The third-order valence-corrected chi connectivity index (χ3v) is 5.44. The van der Waals surface area contributed by atoms with Gasteiger partial charge in [0.05, 0.1) is 5.75 Å². The van der Waals surface area contributed by atoms with E-state index in [1.54, 1.807) is 6.07 Å². The van der Waals surface area contributed by atoms with Crippen LogP contribution in [0.25, 0.3) is 10.9 Å². The van der Waals surface area contributed by atoms with E-state index in [1.165, 1.54) is 24.3 Å². The minimum absolute atomic E-state index is 0.109. The Morgan fingerprint density at radius 1 is 1.08 bits per heavy atom. The molecule has 3 aromatic rings. The highest BCUT2D eigenvalue weighted by atomic mass is 32.2. The number of halogens is 1. The Kier molecular flexibility index (Phi) is 4.93. The number of rotatable bonds is 5. The summed E-state index contributed by atoms with van der Waals surface area (Å²) in [5.41, 5.74) is 3.26. The molecule has 0 amide bonds. The van der Waals surface area contributed by atoms with Crippen LogP contribution in [-0.4, -0.2) is 13.4 Å². The van der Waals surface area contributed by atoms with Crippen LogP contribution < -0.4 is 10.3 Å². The number of pyridine rings is 1. The molecule has 0 spiro atoms. The smallest absolute Gasteiger partial charge is 0.252 e. The largest absolute Gasteiger partial charge is 0.322 e. The maximum atomic E-state index is 12.9. The van der Waals surface area contributed by atoms with E-state index in [1.807, 2.05) is 26.0 Å². The lowest BCUT2D eigenvalue weighted by molar-refractivity contribution is 0.580. The number of aromatic nitrogens is 1. The Balaban J connectivity index is 1.81. The maximum Gasteiger partial charge on any atom is 0.252 e. The van der Waals surface area contributed by atoms with E-state index >= 15 is 0 Å². The van der Waals surface area contributed by atoms with Gasteiger partial charge in [0, 0.05) is 23.0 Å². The molecule has 0 saturated carbocycles. The minimum Gasteiger partial charge on any atom is -0.322 e. The molecular formula is C19H19FN2O3S. The molecular weight excluding hydrogens is 355 g/mol. The highest BCUT2D eigenvalue weighted by Gasteiger charge is 2.13. The average molecular weight is 374 g/mol. The number of aryl methyl sites for hydroxylation is 2. The fraction of sp³-hybridized carbons (Fsp3) is 0.211. The van der Waals surface area contributed by atoms with Crippen LogP contribution in [-0.2, 0) is 22.3 Å². The highest BCUT2D eigenvalue weighted by Crippen LogP contribution is 2.18. The number of sulfonamides is 1. The van der Waals surface area contributed by atoms with Gasteiger partial charge in [0.15, 0.2) is 0 Å². The van der Waals surface area contributed by atoms with Crippen molar-refractivity contribution >= 4 is 20.9 Å². The van der Waals surface area contributed by atoms with Gasteiger partial charge < -0.3 is 4.98 Å². The first-order chi connectivity index (χ1) is 12.2. The second-order valence-corrected chi connectivity index (χ2v) is 8.18. The zero-order chi connectivity index (χ0) is 18.9. The molecule has 0 aliphatic rings. The van der Waals surface area contributed by atoms with Crippen molar-refractivity contribution in [2.45, 2.75) is 26.1 Å². The van der Waals surface area contributed by atoms with E-state index in [0.717, 1.165) is 22.0 Å². The Bertz CT molecular complexity index is 1120. The standard InChI is InChI=1S/C19H19FN2O3S/c1-12-7-13(2)17-9-15(19(23)22-18(17)8-12)10-21-26(24,25)11-14-3-5-16(20)6-4-14/h3-9,21H,10-11H2,1-2H3,(H,22,23). The number of aromatic amines is 1. The zero-order valence-corrected chi connectivity index (χ0v) is 15.3. The first kappa shape index (κ1) is 18.3. The quantitative estimate of drug-likeness (QED) is 0.721. The first-order valence-corrected chi connectivity index (χ1v) is 9.74. The predicted molar refractivity (Wildman–Crippen MR) is 99.9 cm³/mol. The molecule has 0 unspecified atom stereocenters. The van der Waals surface area contributed by atoms with Crippen LogP contribution in [0.15, 0.2) is 47.3 Å². The summed E-state index contributed by atoms with van der Waals surface area (Å²) in [6, 6.07) is 10.9. The van der Waals surface area contributed by atoms with Crippen molar-refractivity contribution in [3.05, 3.63) is 80.9 Å². The lowest BCUT2D eigenvalue weighted by Gasteiger charge is -2.09. The van der Waals surface area contributed by atoms with Crippen LogP contribution >= 0.6 is 0 Å². The minimum atomic E-state index is -3.66. The molecule has 1 heterocycles. The van der Waals surface area contributed by atoms with Gasteiger partial charge >= 0.3 is 0 Å². The number of hydrogen-bond donors (Lipinski definition) is 2. The summed E-state index contributed by atoms with van der Waals surface area (Å²) in [5.74, 6) is -0.704. The lowest BCUT2D eigenvalue weighted by Crippen LogP contribution is -2.28. The summed E-state index contributed by atoms with van der Waals surface area (Å²) >= 11 is 0. The van der Waals surface area contributed by atoms with Crippen molar-refractivity contribution < 1.29 is 12.8 Å². The van der Waals surface area contributed by atoms with Crippen molar-refractivity contribution in [3.8, 4) is 0 Å². The second-order valence-electron chi connectivity index (χ2n) is 6.37. The molecule has 5 nitrogen and oxygen atoms in total. The normalized spacial score (nSPS) is 11.8. The molecule has 26 heavy (non-hydrogen) atoms. The fourth-order valence-electron chi connectivity index (χ4n) is 2.89. The summed E-state index contributed by atoms with van der Waals surface area (Å²) < 4.78 is 39.8. The Morgan fingerprint density at radius 3 is 2.46 bits per heavy atom. The molecule has 0 radical (unpaired) electrons. The van der Waals surface area contributed by atoms with E-state index < -0.39 is 15.8 Å². The third kappa shape index (κ3) is 4.17. The maximum absolute atomic E-state index is 12.9. The summed E-state index contributed by atoms with van der Waals surface area (Å²) in [6.07, 6.45) is 0. The average Bonchev–Trinajstić information content (AvgIpc) is 2.55. The van der Waals surface area contributed by atoms with E-state index in [2.05, 4.69) is 9.71 Å². The van der Waals surface area contributed by atoms with Crippen LogP contribution in [0.2, 0.25) is 0 Å². The van der Waals surface area contributed by atoms with Crippen molar-refractivity contribution in [3.63, 3.8) is 0 Å². The predicted octanol–water partition coefficient (Wildman–Crippen LogP) is 2.90. The molecule has 3 rings (SSSR count). The summed E-state index contributed by atoms with van der Waals surface area (Å²) in [7, 11) is -3.66. The van der Waals surface area contributed by atoms with Crippen molar-refractivity contribution in [1.82, 2.24) is 9.71 Å². The highest BCUT2D eigenvalue weighted by molar-refractivity contribution is 7.88. The van der Waals surface area contributed by atoms with Gasteiger partial charge in [-0.05, 0) is 54.8 Å². The fourth-order valence-corrected chi connectivity index (χ4v) is 3.99. The molecule has 0 saturated heterocycles. The molecule has 0 bridgehead atoms. The van der Waals surface area contributed by atoms with Gasteiger partial charge in [-0.2, -0.15) is 0 Å². The monoisotopic (exact) mass is 374 g/mol. The molecule has 2 N–H and O–H groups in total. The number of benzene rings is 2. The van der Waals surface area contributed by atoms with Gasteiger partial charge in [-0.1, -0.05) is 18.2 Å². The van der Waals surface area contributed by atoms with Gasteiger partial charge in [-0.3, -0.25) is 4.79 Å². The molecule has 0 atom stereocenters. The van der Waals surface area contributed by atoms with E-state index in [9.17, 15) is 17.6 Å². The van der Waals surface area contributed by atoms with Crippen molar-refractivity contribution in [2.75, 3.05) is 0 Å². The molecule has 136 valence electrons. The first-order valence-electron chi connectivity index (χ1n) is 8.08. The SMILES string of the molecule is Cc1cc(C)c2cc(CNS(=O)(=O)Cc3ccc(F)cc3)c(=O)[nH]c2c1. The number of hydrogen-bond acceptors (Lipinski definition) is 3. The molecule has 0 fully saturated rings. The Morgan fingerprint density at radius 2 is 1.77 bits per heavy atom. The summed E-state index contributed by atoms with van der Waals surface area (Å²) in [5, 5.41) is 0.878. The second kappa shape index (κ2) is 7.01. The number of H-pyrrole nitrogens is 1. The van der Waals surface area contributed by atoms with Crippen LogP contribution in [0.5, 0.6) is 0 Å². The molecule has 2 aromatic carbocycles. The number of nitrogens with one attached hydrogen (secondary N) is 2. The summed E-state index contributed by atoms with van der Waals surface area (Å²) in [4.78, 5) is 15.0. The molecule has 0 aliphatic carbocycles. The van der Waals surface area contributed by atoms with Gasteiger partial charge in [-0.25, -0.2) is 17.5 Å². The van der Waals surface area contributed by atoms with Crippen molar-refractivity contribution in [1.29, 1.82) is 0 Å². The van der Waals surface area contributed by atoms with Crippen LogP contribution in [0.1, 0.15) is 22.3 Å². The van der Waals surface area contributed by atoms with Gasteiger partial charge in [-0.15, -0.1) is 0 Å². The van der Waals surface area contributed by atoms with Crippen LogP contribution in [0.4, 0.5) is 4.39 Å². The summed E-state index contributed by atoms with van der Waals surface area (Å²) in [6.45, 7) is 3.78. The lowest BCUT2D eigenvalue weighted by atomic mass is 10.0.